The molecule has 0 aliphatic carbocycles. The first-order chi connectivity index (χ1) is 9.02. The van der Waals surface area contributed by atoms with Gasteiger partial charge < -0.3 is 15.7 Å². The van der Waals surface area contributed by atoms with Crippen LogP contribution in [-0.2, 0) is 11.3 Å². The van der Waals surface area contributed by atoms with Crippen molar-refractivity contribution < 1.29 is 14.7 Å². The molecule has 0 saturated heterocycles. The summed E-state index contributed by atoms with van der Waals surface area (Å²) in [5, 5.41) is 15.0. The van der Waals surface area contributed by atoms with Crippen LogP contribution in [0.15, 0.2) is 6.20 Å². The second-order valence-electron chi connectivity index (χ2n) is 3.84. The van der Waals surface area contributed by atoms with Gasteiger partial charge in [-0.1, -0.05) is 0 Å². The summed E-state index contributed by atoms with van der Waals surface area (Å²) >= 11 is 3.04. The van der Waals surface area contributed by atoms with Crippen LogP contribution >= 0.6 is 23.1 Å². The highest BCUT2D eigenvalue weighted by Crippen LogP contribution is 2.10. The van der Waals surface area contributed by atoms with Gasteiger partial charge in [-0.15, -0.1) is 11.3 Å². The van der Waals surface area contributed by atoms with Crippen molar-refractivity contribution in [3.63, 3.8) is 0 Å². The molecule has 0 aromatic carbocycles. The first kappa shape index (κ1) is 15.8. The van der Waals surface area contributed by atoms with Gasteiger partial charge in [-0.3, -0.25) is 0 Å². The Morgan fingerprint density at radius 3 is 2.84 bits per heavy atom. The van der Waals surface area contributed by atoms with Crippen molar-refractivity contribution in [1.29, 1.82) is 0 Å². The number of thioether (sulfide) groups is 1. The molecule has 0 fully saturated rings. The number of thiazole rings is 1. The third-order valence-corrected chi connectivity index (χ3v) is 3.86. The zero-order valence-electron chi connectivity index (χ0n) is 10.8. The molecule has 19 heavy (non-hydrogen) atoms. The number of carbonyl (C=O) groups is 2. The molecular formula is C11H17N3O3S2. The zero-order valence-corrected chi connectivity index (χ0v) is 12.4. The number of aromatic nitrogens is 1. The van der Waals surface area contributed by atoms with E-state index in [1.807, 2.05) is 13.2 Å². The number of carboxylic acid groups (broad SMARTS) is 1. The highest BCUT2D eigenvalue weighted by molar-refractivity contribution is 7.98. The number of nitrogens with one attached hydrogen (secondary N) is 2. The SMILES string of the molecule is CSCC[C@H](NC(=O)NCc1cnc(C)s1)C(=O)O. The van der Waals surface area contributed by atoms with Crippen molar-refractivity contribution in [3.8, 4) is 0 Å². The number of rotatable bonds is 7. The van der Waals surface area contributed by atoms with Gasteiger partial charge in [0.25, 0.3) is 0 Å². The van der Waals surface area contributed by atoms with Crippen LogP contribution in [-0.4, -0.2) is 40.1 Å². The van der Waals surface area contributed by atoms with Gasteiger partial charge in [-0.2, -0.15) is 11.8 Å². The minimum atomic E-state index is -1.02. The summed E-state index contributed by atoms with van der Waals surface area (Å²) in [5.41, 5.74) is 0. The summed E-state index contributed by atoms with van der Waals surface area (Å²) in [5.74, 6) is -0.330. The molecule has 0 radical (unpaired) electrons. The molecule has 0 bridgehead atoms. The number of urea groups is 1. The summed E-state index contributed by atoms with van der Waals surface area (Å²) in [6, 6.07) is -1.32. The predicted octanol–water partition coefficient (Wildman–Crippen LogP) is 1.46. The van der Waals surface area contributed by atoms with Crippen LogP contribution in [0, 0.1) is 6.92 Å². The van der Waals surface area contributed by atoms with Gasteiger partial charge in [0.1, 0.15) is 6.04 Å². The highest BCUT2D eigenvalue weighted by Gasteiger charge is 2.19. The molecule has 0 spiro atoms. The van der Waals surface area contributed by atoms with Gasteiger partial charge in [0.2, 0.25) is 0 Å². The van der Waals surface area contributed by atoms with Crippen molar-refractivity contribution in [3.05, 3.63) is 16.1 Å². The average molecular weight is 303 g/mol. The van der Waals surface area contributed by atoms with E-state index in [1.54, 1.807) is 18.0 Å². The molecule has 8 heteroatoms. The number of carboxylic acids is 1. The normalized spacial score (nSPS) is 11.9. The standard InChI is InChI=1S/C11H17N3O3S2/c1-7-12-5-8(19-7)6-13-11(17)14-9(10(15)16)3-4-18-2/h5,9H,3-4,6H2,1-2H3,(H,15,16)(H2,13,14,17)/t9-/m0/s1. The summed E-state index contributed by atoms with van der Waals surface area (Å²) in [7, 11) is 0. The van der Waals surface area contributed by atoms with Gasteiger partial charge in [0, 0.05) is 11.1 Å². The third kappa shape index (κ3) is 5.93. The lowest BCUT2D eigenvalue weighted by molar-refractivity contribution is -0.139. The number of nitrogens with zero attached hydrogens (tertiary/aromatic N) is 1. The summed E-state index contributed by atoms with van der Waals surface area (Å²) in [6.07, 6.45) is 4.00. The second-order valence-corrected chi connectivity index (χ2v) is 6.15. The van der Waals surface area contributed by atoms with Crippen LogP contribution in [0.3, 0.4) is 0 Å². The van der Waals surface area contributed by atoms with Gasteiger partial charge in [-0.25, -0.2) is 14.6 Å². The summed E-state index contributed by atoms with van der Waals surface area (Å²) in [4.78, 5) is 27.6. The molecule has 1 heterocycles. The maximum absolute atomic E-state index is 11.6. The molecule has 6 nitrogen and oxygen atoms in total. The maximum Gasteiger partial charge on any atom is 0.326 e. The summed E-state index contributed by atoms with van der Waals surface area (Å²) in [6.45, 7) is 2.24. The van der Waals surface area contributed by atoms with E-state index in [0.29, 0.717) is 18.7 Å². The summed E-state index contributed by atoms with van der Waals surface area (Å²) < 4.78 is 0. The number of aliphatic carboxylic acids is 1. The van der Waals surface area contributed by atoms with E-state index in [4.69, 9.17) is 5.11 Å². The van der Waals surface area contributed by atoms with E-state index in [2.05, 4.69) is 15.6 Å². The molecule has 1 rings (SSSR count). The minimum Gasteiger partial charge on any atom is -0.480 e. The smallest absolute Gasteiger partial charge is 0.326 e. The number of aryl methyl sites for hydroxylation is 1. The molecule has 1 atom stereocenters. The highest BCUT2D eigenvalue weighted by atomic mass is 32.2. The molecule has 106 valence electrons. The van der Waals surface area contributed by atoms with Crippen molar-refractivity contribution in [1.82, 2.24) is 15.6 Å². The molecule has 3 N–H and O–H groups in total. The Kier molecular flexibility index (Phi) is 6.65. The largest absolute Gasteiger partial charge is 0.480 e. The Hall–Kier alpha value is -1.28. The number of carbonyl (C=O) groups excluding carboxylic acids is 1. The Morgan fingerprint density at radius 2 is 2.32 bits per heavy atom. The molecule has 0 aliphatic rings. The molecule has 2 amide bonds. The van der Waals surface area contributed by atoms with Crippen molar-refractivity contribution in [2.75, 3.05) is 12.0 Å². The Bertz CT molecular complexity index is 437. The topological polar surface area (TPSA) is 91.3 Å². The van der Waals surface area contributed by atoms with Crippen molar-refractivity contribution in [2.45, 2.75) is 25.9 Å². The lowest BCUT2D eigenvalue weighted by atomic mass is 10.2. The van der Waals surface area contributed by atoms with Crippen LogP contribution in [0.1, 0.15) is 16.3 Å². The lowest BCUT2D eigenvalue weighted by Crippen LogP contribution is -2.46. The van der Waals surface area contributed by atoms with Crippen LogP contribution in [0.25, 0.3) is 0 Å². The monoisotopic (exact) mass is 303 g/mol. The quantitative estimate of drug-likeness (QED) is 0.709. The Labute approximate surface area is 120 Å². The third-order valence-electron chi connectivity index (χ3n) is 2.31. The maximum atomic E-state index is 11.6. The fraction of sp³-hybridized carbons (Fsp3) is 0.545. The van der Waals surface area contributed by atoms with Crippen LogP contribution in [0.4, 0.5) is 4.79 Å². The van der Waals surface area contributed by atoms with E-state index in [0.717, 1.165) is 9.88 Å². The fourth-order valence-corrected chi connectivity index (χ4v) is 2.56. The molecule has 0 unspecified atom stereocenters. The number of hydrogen-bond donors (Lipinski definition) is 3. The zero-order chi connectivity index (χ0) is 14.3. The van der Waals surface area contributed by atoms with Gasteiger partial charge >= 0.3 is 12.0 Å². The van der Waals surface area contributed by atoms with Crippen LogP contribution < -0.4 is 10.6 Å². The van der Waals surface area contributed by atoms with E-state index in [-0.39, 0.29) is 0 Å². The van der Waals surface area contributed by atoms with E-state index < -0.39 is 18.0 Å². The molecular weight excluding hydrogens is 286 g/mol. The minimum absolute atomic E-state index is 0.353. The Balaban J connectivity index is 2.37. The first-order valence-electron chi connectivity index (χ1n) is 5.70. The first-order valence-corrected chi connectivity index (χ1v) is 7.91. The van der Waals surface area contributed by atoms with Crippen molar-refractivity contribution in [2.24, 2.45) is 0 Å². The van der Waals surface area contributed by atoms with Crippen LogP contribution in [0.5, 0.6) is 0 Å². The van der Waals surface area contributed by atoms with E-state index >= 15 is 0 Å². The lowest BCUT2D eigenvalue weighted by Gasteiger charge is -2.14. The molecule has 0 aliphatic heterocycles. The molecule has 0 saturated carbocycles. The molecule has 1 aromatic heterocycles. The fourth-order valence-electron chi connectivity index (χ4n) is 1.36. The number of amides is 2. The predicted molar refractivity (Wildman–Crippen MR) is 76.6 cm³/mol. The second kappa shape index (κ2) is 8.00. The Morgan fingerprint density at radius 1 is 1.58 bits per heavy atom. The van der Waals surface area contributed by atoms with E-state index in [9.17, 15) is 9.59 Å². The van der Waals surface area contributed by atoms with Gasteiger partial charge in [-0.05, 0) is 25.4 Å². The van der Waals surface area contributed by atoms with Crippen molar-refractivity contribution >= 4 is 35.1 Å². The number of hydrogen-bond acceptors (Lipinski definition) is 5. The van der Waals surface area contributed by atoms with E-state index in [1.165, 1.54) is 11.3 Å². The van der Waals surface area contributed by atoms with Crippen LogP contribution in [0.2, 0.25) is 0 Å². The van der Waals surface area contributed by atoms with Gasteiger partial charge in [0.15, 0.2) is 0 Å². The average Bonchev–Trinajstić information content (AvgIpc) is 2.77. The molecule has 1 aromatic rings. The van der Waals surface area contributed by atoms with Gasteiger partial charge in [0.05, 0.1) is 11.6 Å².